The first-order chi connectivity index (χ1) is 10.1. The van der Waals surface area contributed by atoms with Crippen molar-refractivity contribution in [3.05, 3.63) is 33.3 Å². The van der Waals surface area contributed by atoms with E-state index in [1.165, 1.54) is 25.3 Å². The number of benzene rings is 1. The normalized spacial score (nSPS) is 26.0. The van der Waals surface area contributed by atoms with Crippen LogP contribution in [0.4, 0.5) is 11.4 Å². The average Bonchev–Trinajstić information content (AvgIpc) is 2.48. The number of rotatable bonds is 2. The van der Waals surface area contributed by atoms with E-state index in [1.54, 1.807) is 12.1 Å². The summed E-state index contributed by atoms with van der Waals surface area (Å²) in [5.74, 6) is 0. The van der Waals surface area contributed by atoms with Crippen LogP contribution in [0.5, 0.6) is 0 Å². The van der Waals surface area contributed by atoms with Crippen LogP contribution in [0, 0.1) is 15.5 Å². The lowest BCUT2D eigenvalue weighted by Crippen LogP contribution is -2.51. The highest BCUT2D eigenvalue weighted by Gasteiger charge is 2.38. The zero-order chi connectivity index (χ0) is 14.9. The Bertz CT molecular complexity index is 538. The van der Waals surface area contributed by atoms with Gasteiger partial charge < -0.3 is 10.2 Å². The molecule has 1 aromatic carbocycles. The van der Waals surface area contributed by atoms with E-state index in [0.29, 0.717) is 10.7 Å². The van der Waals surface area contributed by atoms with Crippen LogP contribution >= 0.6 is 11.6 Å². The minimum absolute atomic E-state index is 0.114. The molecule has 2 heterocycles. The fourth-order valence-corrected chi connectivity index (χ4v) is 3.87. The van der Waals surface area contributed by atoms with Crippen molar-refractivity contribution in [2.24, 2.45) is 5.41 Å². The Morgan fingerprint density at radius 1 is 1.33 bits per heavy atom. The van der Waals surface area contributed by atoms with Crippen molar-refractivity contribution < 1.29 is 4.92 Å². The van der Waals surface area contributed by atoms with Gasteiger partial charge in [0.1, 0.15) is 5.69 Å². The first kappa shape index (κ1) is 14.6. The number of piperidine rings is 2. The molecule has 21 heavy (non-hydrogen) atoms. The minimum Gasteiger partial charge on any atom is -0.365 e. The van der Waals surface area contributed by atoms with Crippen molar-refractivity contribution in [2.75, 3.05) is 31.1 Å². The van der Waals surface area contributed by atoms with Gasteiger partial charge in [-0.1, -0.05) is 11.6 Å². The number of anilines is 1. The predicted molar refractivity (Wildman–Crippen MR) is 84.1 cm³/mol. The summed E-state index contributed by atoms with van der Waals surface area (Å²) in [7, 11) is 0. The Balaban J connectivity index is 1.88. The monoisotopic (exact) mass is 309 g/mol. The molecule has 2 aliphatic rings. The molecule has 2 fully saturated rings. The molecule has 1 spiro atoms. The van der Waals surface area contributed by atoms with Crippen molar-refractivity contribution in [2.45, 2.75) is 25.7 Å². The Hall–Kier alpha value is -1.33. The van der Waals surface area contributed by atoms with Gasteiger partial charge in [0, 0.05) is 36.1 Å². The van der Waals surface area contributed by atoms with Crippen molar-refractivity contribution in [1.82, 2.24) is 5.32 Å². The molecule has 0 saturated carbocycles. The van der Waals surface area contributed by atoms with Gasteiger partial charge in [0.2, 0.25) is 0 Å². The van der Waals surface area contributed by atoms with Crippen LogP contribution < -0.4 is 10.2 Å². The van der Waals surface area contributed by atoms with Gasteiger partial charge >= 0.3 is 0 Å². The van der Waals surface area contributed by atoms with Crippen molar-refractivity contribution in [3.63, 3.8) is 0 Å². The van der Waals surface area contributed by atoms with Gasteiger partial charge in [-0.05, 0) is 44.4 Å². The average molecular weight is 310 g/mol. The fraction of sp³-hybridized carbons (Fsp3) is 0.600. The second-order valence-corrected chi connectivity index (χ2v) is 6.63. The van der Waals surface area contributed by atoms with Gasteiger partial charge in [-0.25, -0.2) is 0 Å². The minimum atomic E-state index is -0.332. The summed E-state index contributed by atoms with van der Waals surface area (Å²) in [5, 5.41) is 15.2. The van der Waals surface area contributed by atoms with E-state index in [9.17, 15) is 10.1 Å². The third-order valence-electron chi connectivity index (χ3n) is 4.70. The van der Waals surface area contributed by atoms with Gasteiger partial charge in [0.05, 0.1) is 4.92 Å². The zero-order valence-corrected chi connectivity index (χ0v) is 12.7. The van der Waals surface area contributed by atoms with Gasteiger partial charge in [-0.2, -0.15) is 0 Å². The summed E-state index contributed by atoms with van der Waals surface area (Å²) in [6.07, 6.45) is 4.69. The first-order valence-electron chi connectivity index (χ1n) is 7.49. The maximum atomic E-state index is 11.3. The molecule has 114 valence electrons. The van der Waals surface area contributed by atoms with Gasteiger partial charge in [0.25, 0.3) is 5.69 Å². The van der Waals surface area contributed by atoms with Crippen LogP contribution in [0.15, 0.2) is 18.2 Å². The predicted octanol–water partition coefficient (Wildman–Crippen LogP) is 3.22. The lowest BCUT2D eigenvalue weighted by molar-refractivity contribution is -0.384. The Labute approximate surface area is 129 Å². The molecule has 1 atom stereocenters. The first-order valence-corrected chi connectivity index (χ1v) is 7.87. The van der Waals surface area contributed by atoms with E-state index in [1.807, 2.05) is 0 Å². The molecular formula is C15H20ClN3O2. The quantitative estimate of drug-likeness (QED) is 0.673. The van der Waals surface area contributed by atoms with Crippen molar-refractivity contribution in [1.29, 1.82) is 0 Å². The van der Waals surface area contributed by atoms with Crippen molar-refractivity contribution >= 4 is 23.0 Å². The number of halogens is 1. The molecule has 1 aromatic rings. The lowest BCUT2D eigenvalue weighted by Gasteiger charge is -2.46. The molecule has 0 aromatic heterocycles. The molecule has 6 heteroatoms. The summed E-state index contributed by atoms with van der Waals surface area (Å²) in [4.78, 5) is 13.1. The third-order valence-corrected chi connectivity index (χ3v) is 4.93. The second-order valence-electron chi connectivity index (χ2n) is 6.20. The maximum absolute atomic E-state index is 11.3. The summed E-state index contributed by atoms with van der Waals surface area (Å²) in [6, 6.07) is 4.98. The van der Waals surface area contributed by atoms with Crippen LogP contribution in [0.25, 0.3) is 0 Å². The van der Waals surface area contributed by atoms with E-state index >= 15 is 0 Å². The van der Waals surface area contributed by atoms with Crippen LogP contribution in [-0.2, 0) is 0 Å². The van der Waals surface area contributed by atoms with Crippen LogP contribution in [0.3, 0.4) is 0 Å². The SMILES string of the molecule is O=[N+]([O-])c1cc(Cl)ccc1N1CCCC2(CCCNC2)C1. The molecule has 3 rings (SSSR count). The Kier molecular flexibility index (Phi) is 4.04. The Morgan fingerprint density at radius 2 is 2.14 bits per heavy atom. The molecule has 2 aliphatic heterocycles. The highest BCUT2D eigenvalue weighted by atomic mass is 35.5. The topological polar surface area (TPSA) is 58.4 Å². The summed E-state index contributed by atoms with van der Waals surface area (Å²) < 4.78 is 0. The number of nitro groups is 1. The second kappa shape index (κ2) is 5.81. The molecular weight excluding hydrogens is 290 g/mol. The highest BCUT2D eigenvalue weighted by Crippen LogP contribution is 2.40. The van der Waals surface area contributed by atoms with E-state index in [-0.39, 0.29) is 16.0 Å². The van der Waals surface area contributed by atoms with Gasteiger partial charge in [-0.15, -0.1) is 0 Å². The summed E-state index contributed by atoms with van der Waals surface area (Å²) in [5.41, 5.74) is 1.08. The molecule has 2 saturated heterocycles. The fourth-order valence-electron chi connectivity index (χ4n) is 3.70. The van der Waals surface area contributed by atoms with E-state index < -0.39 is 0 Å². The molecule has 0 aliphatic carbocycles. The Morgan fingerprint density at radius 3 is 2.86 bits per heavy atom. The van der Waals surface area contributed by atoms with Crippen LogP contribution in [0.1, 0.15) is 25.7 Å². The van der Waals surface area contributed by atoms with Gasteiger partial charge in [0.15, 0.2) is 0 Å². The third kappa shape index (κ3) is 2.99. The number of nitrogens with zero attached hydrogens (tertiary/aromatic N) is 2. The van der Waals surface area contributed by atoms with Crippen LogP contribution in [0.2, 0.25) is 5.02 Å². The van der Waals surface area contributed by atoms with Crippen molar-refractivity contribution in [3.8, 4) is 0 Å². The molecule has 1 N–H and O–H groups in total. The number of nitrogens with one attached hydrogen (secondary N) is 1. The number of nitro benzene ring substituents is 1. The zero-order valence-electron chi connectivity index (χ0n) is 12.0. The van der Waals surface area contributed by atoms with Gasteiger partial charge in [-0.3, -0.25) is 10.1 Å². The molecule has 0 amide bonds. The summed E-state index contributed by atoms with van der Waals surface area (Å²) in [6.45, 7) is 3.88. The lowest BCUT2D eigenvalue weighted by atomic mass is 9.74. The van der Waals surface area contributed by atoms with Crippen LogP contribution in [-0.4, -0.2) is 31.1 Å². The summed E-state index contributed by atoms with van der Waals surface area (Å²) >= 11 is 5.91. The number of hydrogen-bond acceptors (Lipinski definition) is 4. The largest absolute Gasteiger partial charge is 0.365 e. The number of hydrogen-bond donors (Lipinski definition) is 1. The van der Waals surface area contributed by atoms with E-state index in [2.05, 4.69) is 10.2 Å². The highest BCUT2D eigenvalue weighted by molar-refractivity contribution is 6.30. The smallest absolute Gasteiger partial charge is 0.294 e. The maximum Gasteiger partial charge on any atom is 0.294 e. The molecule has 0 bridgehead atoms. The molecule has 5 nitrogen and oxygen atoms in total. The van der Waals surface area contributed by atoms with E-state index in [4.69, 9.17) is 11.6 Å². The molecule has 1 unspecified atom stereocenters. The van der Waals surface area contributed by atoms with E-state index in [0.717, 1.165) is 32.6 Å². The standard InChI is InChI=1S/C15H20ClN3O2/c16-12-3-4-13(14(9-12)19(20)21)18-8-2-6-15(11-18)5-1-7-17-10-15/h3-4,9,17H,1-2,5-8,10-11H2. The molecule has 0 radical (unpaired) electrons.